The molecule has 0 aliphatic carbocycles. The number of amides is 1. The van der Waals surface area contributed by atoms with Crippen molar-refractivity contribution in [1.29, 1.82) is 0 Å². The number of carbonyl (C=O) groups is 1. The van der Waals surface area contributed by atoms with Gasteiger partial charge in [0.2, 0.25) is 5.91 Å². The molecule has 18 heavy (non-hydrogen) atoms. The van der Waals surface area contributed by atoms with Gasteiger partial charge in [-0.15, -0.1) is 0 Å². The van der Waals surface area contributed by atoms with E-state index in [0.717, 1.165) is 24.5 Å². The SMILES string of the molecule is COc1cc(C(C)C)ccc1NC(=O)C1CNC1. The monoisotopic (exact) mass is 248 g/mol. The van der Waals surface area contributed by atoms with Crippen LogP contribution < -0.4 is 15.4 Å². The van der Waals surface area contributed by atoms with Crippen LogP contribution in [-0.4, -0.2) is 26.1 Å². The van der Waals surface area contributed by atoms with Crippen molar-refractivity contribution in [3.8, 4) is 5.75 Å². The van der Waals surface area contributed by atoms with Crippen molar-refractivity contribution < 1.29 is 9.53 Å². The summed E-state index contributed by atoms with van der Waals surface area (Å²) in [7, 11) is 1.62. The molecular formula is C14H20N2O2. The minimum absolute atomic E-state index is 0.0596. The quantitative estimate of drug-likeness (QED) is 0.856. The molecule has 98 valence electrons. The Hall–Kier alpha value is -1.55. The molecule has 1 heterocycles. The van der Waals surface area contributed by atoms with Crippen molar-refractivity contribution in [1.82, 2.24) is 5.32 Å². The summed E-state index contributed by atoms with van der Waals surface area (Å²) in [5, 5.41) is 6.01. The summed E-state index contributed by atoms with van der Waals surface area (Å²) in [6.07, 6.45) is 0. The second-order valence-corrected chi connectivity index (χ2v) is 4.96. The summed E-state index contributed by atoms with van der Waals surface area (Å²) < 4.78 is 5.34. The number of hydrogen-bond donors (Lipinski definition) is 2. The van der Waals surface area contributed by atoms with Crippen LogP contribution in [0.3, 0.4) is 0 Å². The summed E-state index contributed by atoms with van der Waals surface area (Å²) in [5.74, 6) is 1.31. The van der Waals surface area contributed by atoms with Crippen LogP contribution in [0.25, 0.3) is 0 Å². The molecule has 0 spiro atoms. The van der Waals surface area contributed by atoms with Gasteiger partial charge in [-0.05, 0) is 23.6 Å². The summed E-state index contributed by atoms with van der Waals surface area (Å²) in [6, 6.07) is 5.93. The van der Waals surface area contributed by atoms with Gasteiger partial charge in [0, 0.05) is 13.1 Å². The van der Waals surface area contributed by atoms with Crippen molar-refractivity contribution in [2.75, 3.05) is 25.5 Å². The summed E-state index contributed by atoms with van der Waals surface area (Å²) in [4.78, 5) is 11.9. The summed E-state index contributed by atoms with van der Waals surface area (Å²) in [5.41, 5.74) is 1.95. The molecule has 4 heteroatoms. The average molecular weight is 248 g/mol. The number of hydrogen-bond acceptors (Lipinski definition) is 3. The fourth-order valence-corrected chi connectivity index (χ4v) is 1.88. The number of methoxy groups -OCH3 is 1. The number of ether oxygens (including phenoxy) is 1. The van der Waals surface area contributed by atoms with E-state index < -0.39 is 0 Å². The van der Waals surface area contributed by atoms with Gasteiger partial charge in [-0.1, -0.05) is 19.9 Å². The number of rotatable bonds is 4. The molecule has 0 atom stereocenters. The van der Waals surface area contributed by atoms with Crippen LogP contribution in [0.15, 0.2) is 18.2 Å². The Labute approximate surface area is 108 Å². The van der Waals surface area contributed by atoms with Gasteiger partial charge in [-0.3, -0.25) is 4.79 Å². The fourth-order valence-electron chi connectivity index (χ4n) is 1.88. The Morgan fingerprint density at radius 2 is 2.17 bits per heavy atom. The highest BCUT2D eigenvalue weighted by Gasteiger charge is 2.25. The van der Waals surface area contributed by atoms with E-state index in [1.807, 2.05) is 18.2 Å². The Morgan fingerprint density at radius 1 is 1.44 bits per heavy atom. The first-order valence-electron chi connectivity index (χ1n) is 6.31. The van der Waals surface area contributed by atoms with E-state index in [1.165, 1.54) is 5.56 Å². The maximum Gasteiger partial charge on any atom is 0.230 e. The lowest BCUT2D eigenvalue weighted by molar-refractivity contribution is -0.121. The van der Waals surface area contributed by atoms with Gasteiger partial charge >= 0.3 is 0 Å². The highest BCUT2D eigenvalue weighted by molar-refractivity contribution is 5.94. The molecular weight excluding hydrogens is 228 g/mol. The number of carbonyl (C=O) groups excluding carboxylic acids is 1. The molecule has 0 aromatic heterocycles. The van der Waals surface area contributed by atoms with Crippen molar-refractivity contribution in [2.24, 2.45) is 5.92 Å². The second-order valence-electron chi connectivity index (χ2n) is 4.96. The van der Waals surface area contributed by atoms with Crippen LogP contribution in [0, 0.1) is 5.92 Å². The first-order chi connectivity index (χ1) is 8.61. The molecule has 0 unspecified atom stereocenters. The van der Waals surface area contributed by atoms with Gasteiger partial charge in [-0.25, -0.2) is 0 Å². The lowest BCUT2D eigenvalue weighted by Crippen LogP contribution is -2.48. The van der Waals surface area contributed by atoms with Gasteiger partial charge < -0.3 is 15.4 Å². The largest absolute Gasteiger partial charge is 0.495 e. The molecule has 1 aromatic rings. The standard InChI is InChI=1S/C14H20N2O2/c1-9(2)10-4-5-12(13(6-10)18-3)16-14(17)11-7-15-8-11/h4-6,9,11,15H,7-8H2,1-3H3,(H,16,17). The first kappa shape index (κ1) is 12.9. The van der Waals surface area contributed by atoms with E-state index in [9.17, 15) is 4.79 Å². The Morgan fingerprint density at radius 3 is 2.67 bits per heavy atom. The van der Waals surface area contributed by atoms with Crippen LogP contribution in [0.4, 0.5) is 5.69 Å². The predicted octanol–water partition coefficient (Wildman–Crippen LogP) is 1.98. The predicted molar refractivity (Wildman–Crippen MR) is 72.1 cm³/mol. The average Bonchev–Trinajstić information content (AvgIpc) is 2.26. The maximum atomic E-state index is 11.9. The lowest BCUT2D eigenvalue weighted by Gasteiger charge is -2.26. The van der Waals surface area contributed by atoms with E-state index in [0.29, 0.717) is 5.92 Å². The van der Waals surface area contributed by atoms with E-state index in [4.69, 9.17) is 4.74 Å². The Kier molecular flexibility index (Phi) is 3.87. The number of benzene rings is 1. The van der Waals surface area contributed by atoms with Crippen molar-refractivity contribution >= 4 is 11.6 Å². The van der Waals surface area contributed by atoms with Gasteiger partial charge in [0.15, 0.2) is 0 Å². The molecule has 0 radical (unpaired) electrons. The molecule has 0 bridgehead atoms. The zero-order valence-corrected chi connectivity index (χ0v) is 11.1. The van der Waals surface area contributed by atoms with Gasteiger partial charge in [0.1, 0.15) is 5.75 Å². The van der Waals surface area contributed by atoms with Crippen LogP contribution in [0.5, 0.6) is 5.75 Å². The van der Waals surface area contributed by atoms with Crippen molar-refractivity contribution in [3.05, 3.63) is 23.8 Å². The Balaban J connectivity index is 2.14. The molecule has 1 aromatic carbocycles. The van der Waals surface area contributed by atoms with E-state index in [-0.39, 0.29) is 11.8 Å². The molecule has 1 saturated heterocycles. The highest BCUT2D eigenvalue weighted by atomic mass is 16.5. The molecule has 1 fully saturated rings. The van der Waals surface area contributed by atoms with Gasteiger partial charge in [0.25, 0.3) is 0 Å². The minimum Gasteiger partial charge on any atom is -0.495 e. The van der Waals surface area contributed by atoms with E-state index in [1.54, 1.807) is 7.11 Å². The van der Waals surface area contributed by atoms with Crippen molar-refractivity contribution in [2.45, 2.75) is 19.8 Å². The minimum atomic E-state index is 0.0596. The molecule has 1 aliphatic rings. The third-order valence-corrected chi connectivity index (χ3v) is 3.30. The normalized spacial score (nSPS) is 15.3. The van der Waals surface area contributed by atoms with Crippen molar-refractivity contribution in [3.63, 3.8) is 0 Å². The molecule has 0 saturated carbocycles. The smallest absolute Gasteiger partial charge is 0.230 e. The zero-order valence-electron chi connectivity index (χ0n) is 11.1. The molecule has 1 amide bonds. The van der Waals surface area contributed by atoms with Crippen LogP contribution in [0.1, 0.15) is 25.3 Å². The fraction of sp³-hybridized carbons (Fsp3) is 0.500. The maximum absolute atomic E-state index is 11.9. The van der Waals surface area contributed by atoms with E-state index >= 15 is 0 Å². The van der Waals surface area contributed by atoms with Crippen LogP contribution >= 0.6 is 0 Å². The van der Waals surface area contributed by atoms with E-state index in [2.05, 4.69) is 24.5 Å². The zero-order chi connectivity index (χ0) is 13.1. The van der Waals surface area contributed by atoms with Crippen LogP contribution in [-0.2, 0) is 4.79 Å². The first-order valence-corrected chi connectivity index (χ1v) is 6.31. The summed E-state index contributed by atoms with van der Waals surface area (Å²) >= 11 is 0. The highest BCUT2D eigenvalue weighted by Crippen LogP contribution is 2.29. The van der Waals surface area contributed by atoms with Gasteiger partial charge in [0.05, 0.1) is 18.7 Å². The number of nitrogens with one attached hydrogen (secondary N) is 2. The molecule has 4 nitrogen and oxygen atoms in total. The third-order valence-electron chi connectivity index (χ3n) is 3.30. The van der Waals surface area contributed by atoms with Gasteiger partial charge in [-0.2, -0.15) is 0 Å². The third kappa shape index (κ3) is 2.64. The van der Waals surface area contributed by atoms with Crippen LogP contribution in [0.2, 0.25) is 0 Å². The second kappa shape index (κ2) is 5.40. The topological polar surface area (TPSA) is 50.4 Å². The molecule has 2 rings (SSSR count). The number of anilines is 1. The molecule has 2 N–H and O–H groups in total. The summed E-state index contributed by atoms with van der Waals surface area (Å²) in [6.45, 7) is 5.79. The molecule has 1 aliphatic heterocycles. The lowest BCUT2D eigenvalue weighted by atomic mass is 10.0. The Bertz CT molecular complexity index is 439.